The standard InChI is InChI=1S/C4H16N2O4Si2.C2H4.2CH4/c1-11(2,7)10-12(8,9)4-6-3-5;1-2;;/h6-9H,3-5H2,1-2H3;1-2H2;2*1H4. The van der Waals surface area contributed by atoms with Crippen molar-refractivity contribution < 1.29 is 18.5 Å². The molecule has 0 fully saturated rings. The Bertz CT molecular complexity index is 153. The fourth-order valence-corrected chi connectivity index (χ4v) is 4.63. The summed E-state index contributed by atoms with van der Waals surface area (Å²) in [5, 5.41) is 2.54. The molecule has 0 aliphatic rings. The molecule has 0 saturated carbocycles. The molecule has 0 aromatic heterocycles. The van der Waals surface area contributed by atoms with Crippen LogP contribution in [0.2, 0.25) is 13.1 Å². The zero-order chi connectivity index (χ0) is 11.8. The number of rotatable bonds is 5. The first-order valence-corrected chi connectivity index (χ1v) is 8.91. The van der Waals surface area contributed by atoms with Crippen molar-refractivity contribution in [1.82, 2.24) is 5.32 Å². The van der Waals surface area contributed by atoms with Gasteiger partial charge in [0.25, 0.3) is 0 Å². The van der Waals surface area contributed by atoms with Gasteiger partial charge in [0.2, 0.25) is 0 Å². The third kappa shape index (κ3) is 19.5. The van der Waals surface area contributed by atoms with Gasteiger partial charge in [0.1, 0.15) is 0 Å². The summed E-state index contributed by atoms with van der Waals surface area (Å²) in [5.74, 6) is 0. The van der Waals surface area contributed by atoms with Crippen molar-refractivity contribution in [3.8, 4) is 0 Å². The summed E-state index contributed by atoms with van der Waals surface area (Å²) in [5.41, 5.74) is 5.08. The molecule has 0 spiro atoms. The van der Waals surface area contributed by atoms with E-state index in [4.69, 9.17) is 9.85 Å². The highest BCUT2D eigenvalue weighted by molar-refractivity contribution is 6.75. The minimum Gasteiger partial charge on any atom is -0.411 e. The monoisotopic (exact) mass is 272 g/mol. The molecule has 102 valence electrons. The molecule has 0 amide bonds. The van der Waals surface area contributed by atoms with Crippen LogP contribution in [-0.2, 0) is 4.12 Å². The molecule has 0 atom stereocenters. The van der Waals surface area contributed by atoms with E-state index in [0.29, 0.717) is 0 Å². The molecule has 0 radical (unpaired) electrons. The predicted molar refractivity (Wildman–Crippen MR) is 72.8 cm³/mol. The van der Waals surface area contributed by atoms with E-state index in [1.165, 1.54) is 13.1 Å². The highest BCUT2D eigenvalue weighted by Gasteiger charge is 2.39. The van der Waals surface area contributed by atoms with Crippen molar-refractivity contribution in [3.05, 3.63) is 13.2 Å². The number of hydrogen-bond acceptors (Lipinski definition) is 6. The van der Waals surface area contributed by atoms with Crippen LogP contribution in [0.4, 0.5) is 0 Å². The Balaban J connectivity index is -0.000000169. The van der Waals surface area contributed by atoms with Crippen LogP contribution in [0.25, 0.3) is 0 Å². The molecule has 0 saturated heterocycles. The highest BCUT2D eigenvalue weighted by atomic mass is 28.5. The van der Waals surface area contributed by atoms with Crippen LogP contribution < -0.4 is 11.1 Å². The van der Waals surface area contributed by atoms with Gasteiger partial charge in [-0.05, 0) is 13.1 Å². The van der Waals surface area contributed by atoms with E-state index in [1.807, 2.05) is 0 Å². The van der Waals surface area contributed by atoms with Gasteiger partial charge < -0.3 is 29.6 Å². The number of nitrogens with one attached hydrogen (secondary N) is 1. The van der Waals surface area contributed by atoms with Crippen LogP contribution in [0.5, 0.6) is 0 Å². The maximum absolute atomic E-state index is 9.22. The van der Waals surface area contributed by atoms with Gasteiger partial charge in [-0.15, -0.1) is 13.2 Å². The summed E-state index contributed by atoms with van der Waals surface area (Å²) >= 11 is 0. The second-order valence-electron chi connectivity index (χ2n) is 2.92. The lowest BCUT2D eigenvalue weighted by Gasteiger charge is -2.24. The molecule has 0 aliphatic carbocycles. The van der Waals surface area contributed by atoms with Gasteiger partial charge in [-0.3, -0.25) is 0 Å². The number of hydrogen-bond donors (Lipinski definition) is 5. The number of nitrogens with two attached hydrogens (primary N) is 1. The van der Waals surface area contributed by atoms with E-state index in [-0.39, 0.29) is 27.7 Å². The molecule has 0 unspecified atom stereocenters. The average Bonchev–Trinajstić information content (AvgIpc) is 2.00. The van der Waals surface area contributed by atoms with Gasteiger partial charge in [-0.25, -0.2) is 0 Å². The topological polar surface area (TPSA) is 108 Å². The predicted octanol–water partition coefficient (Wildman–Crippen LogP) is -0.260. The molecule has 16 heavy (non-hydrogen) atoms. The Morgan fingerprint density at radius 3 is 1.81 bits per heavy atom. The van der Waals surface area contributed by atoms with Crippen LogP contribution >= 0.6 is 0 Å². The first kappa shape index (κ1) is 25.0. The Kier molecular flexibility index (Phi) is 17.8. The fourth-order valence-electron chi connectivity index (χ4n) is 0.671. The Morgan fingerprint density at radius 2 is 1.56 bits per heavy atom. The van der Waals surface area contributed by atoms with E-state index in [2.05, 4.69) is 18.5 Å². The largest absolute Gasteiger partial charge is 0.501 e. The zero-order valence-corrected chi connectivity index (χ0v) is 10.7. The summed E-state index contributed by atoms with van der Waals surface area (Å²) in [4.78, 5) is 27.6. The van der Waals surface area contributed by atoms with E-state index in [0.717, 1.165) is 0 Å². The fraction of sp³-hybridized carbons (Fsp3) is 0.750. The summed E-state index contributed by atoms with van der Waals surface area (Å²) < 4.78 is 4.75. The van der Waals surface area contributed by atoms with Crippen LogP contribution in [0, 0.1) is 0 Å². The van der Waals surface area contributed by atoms with Crippen molar-refractivity contribution in [1.29, 1.82) is 0 Å². The van der Waals surface area contributed by atoms with E-state index < -0.39 is 17.4 Å². The van der Waals surface area contributed by atoms with Gasteiger partial charge in [0.05, 0.1) is 6.17 Å². The summed E-state index contributed by atoms with van der Waals surface area (Å²) in [7, 11) is -6.60. The van der Waals surface area contributed by atoms with E-state index in [1.54, 1.807) is 0 Å². The maximum Gasteiger partial charge on any atom is 0.501 e. The molecule has 0 aliphatic heterocycles. The molecule has 6 nitrogen and oxygen atoms in total. The third-order valence-electron chi connectivity index (χ3n) is 0.913. The highest BCUT2D eigenvalue weighted by Crippen LogP contribution is 2.05. The normalized spacial score (nSPS) is 10.4. The van der Waals surface area contributed by atoms with Crippen molar-refractivity contribution in [2.75, 3.05) is 12.8 Å². The first-order chi connectivity index (χ1) is 6.27. The molecule has 6 N–H and O–H groups in total. The average molecular weight is 272 g/mol. The lowest BCUT2D eigenvalue weighted by molar-refractivity contribution is 0.208. The van der Waals surface area contributed by atoms with Crippen LogP contribution in [0.1, 0.15) is 14.9 Å². The molecule has 0 rings (SSSR count). The van der Waals surface area contributed by atoms with Crippen molar-refractivity contribution in [2.45, 2.75) is 27.9 Å². The molecule has 0 bridgehead atoms. The van der Waals surface area contributed by atoms with Gasteiger partial charge >= 0.3 is 17.4 Å². The molecular weight excluding hydrogens is 244 g/mol. The Morgan fingerprint density at radius 1 is 1.19 bits per heavy atom. The zero-order valence-electron chi connectivity index (χ0n) is 8.66. The molecule has 0 aromatic rings. The Labute approximate surface area is 101 Å². The molecular formula is C8H28N2O4Si2. The molecule has 8 heteroatoms. The van der Waals surface area contributed by atoms with Gasteiger partial charge in [0, 0.05) is 6.67 Å². The van der Waals surface area contributed by atoms with Crippen LogP contribution in [-0.4, -0.2) is 44.6 Å². The van der Waals surface area contributed by atoms with E-state index >= 15 is 0 Å². The third-order valence-corrected chi connectivity index (χ3v) is 4.93. The van der Waals surface area contributed by atoms with Crippen molar-refractivity contribution in [2.24, 2.45) is 5.73 Å². The molecule has 0 aromatic carbocycles. The lowest BCUT2D eigenvalue weighted by atomic mass is 11.1. The SMILES string of the molecule is C.C.C=C.C[Si](C)(O)O[Si](O)(O)CNCN. The minimum atomic E-state index is -3.74. The quantitative estimate of drug-likeness (QED) is 0.268. The van der Waals surface area contributed by atoms with E-state index in [9.17, 15) is 14.4 Å². The smallest absolute Gasteiger partial charge is 0.411 e. The van der Waals surface area contributed by atoms with Gasteiger partial charge in [-0.1, -0.05) is 14.9 Å². The summed E-state index contributed by atoms with van der Waals surface area (Å²) in [6.45, 7) is 9.07. The maximum atomic E-state index is 9.22. The van der Waals surface area contributed by atoms with Crippen molar-refractivity contribution in [3.63, 3.8) is 0 Å². The first-order valence-electron chi connectivity index (χ1n) is 4.05. The lowest BCUT2D eigenvalue weighted by Crippen LogP contribution is -2.56. The summed E-state index contributed by atoms with van der Waals surface area (Å²) in [6.07, 6.45) is -0.0967. The Hall–Kier alpha value is -0.0662. The minimum absolute atomic E-state index is 0. The van der Waals surface area contributed by atoms with Crippen molar-refractivity contribution >= 4 is 17.4 Å². The summed E-state index contributed by atoms with van der Waals surface area (Å²) in [6, 6.07) is 0. The van der Waals surface area contributed by atoms with Gasteiger partial charge in [-0.2, -0.15) is 0 Å². The second-order valence-corrected chi connectivity index (χ2v) is 8.47. The van der Waals surface area contributed by atoms with Crippen LogP contribution in [0.3, 0.4) is 0 Å². The second kappa shape index (κ2) is 11.4. The van der Waals surface area contributed by atoms with Crippen LogP contribution in [0.15, 0.2) is 13.2 Å². The van der Waals surface area contributed by atoms with Gasteiger partial charge in [0.15, 0.2) is 0 Å². The molecule has 0 heterocycles.